The van der Waals surface area contributed by atoms with Gasteiger partial charge in [0.2, 0.25) is 0 Å². The Kier molecular flexibility index (Phi) is 6.22. The number of rotatable bonds is 6. The minimum atomic E-state index is -1.73. The zero-order chi connectivity index (χ0) is 17.9. The molecule has 0 aliphatic heterocycles. The molecule has 1 rings (SSSR count). The maximum absolute atomic E-state index is 11.3. The van der Waals surface area contributed by atoms with Crippen molar-refractivity contribution in [3.63, 3.8) is 0 Å². The Bertz CT molecular complexity index is 542. The van der Waals surface area contributed by atoms with E-state index in [0.29, 0.717) is 5.75 Å². The van der Waals surface area contributed by atoms with E-state index in [1.54, 1.807) is 0 Å². The number of para-hydroxylation sites is 1. The standard InChI is InChI=1S/C19H32O3Si/c1-15(20)22-17-12-10-9-11-16(17)19(5,6)13-14-21-23(7,8)18(2,3)4/h9-12H,13-14H2,1-8H3. The molecule has 0 atom stereocenters. The molecule has 0 N–H and O–H groups in total. The zero-order valence-electron chi connectivity index (χ0n) is 15.9. The van der Waals surface area contributed by atoms with E-state index < -0.39 is 8.32 Å². The third kappa shape index (κ3) is 5.46. The summed E-state index contributed by atoms with van der Waals surface area (Å²) in [5.74, 6) is 0.364. The van der Waals surface area contributed by atoms with E-state index in [4.69, 9.17) is 9.16 Å². The van der Waals surface area contributed by atoms with Gasteiger partial charge in [0.25, 0.3) is 0 Å². The van der Waals surface area contributed by atoms with Gasteiger partial charge < -0.3 is 9.16 Å². The van der Waals surface area contributed by atoms with Crippen molar-refractivity contribution in [2.45, 2.75) is 71.5 Å². The predicted octanol–water partition coefficient (Wildman–Crippen LogP) is 5.30. The predicted molar refractivity (Wildman–Crippen MR) is 98.5 cm³/mol. The van der Waals surface area contributed by atoms with Crippen LogP contribution in [0.3, 0.4) is 0 Å². The summed E-state index contributed by atoms with van der Waals surface area (Å²) in [7, 11) is -1.73. The number of carbonyl (C=O) groups excluding carboxylic acids is 1. The van der Waals surface area contributed by atoms with Crippen molar-refractivity contribution in [3.05, 3.63) is 29.8 Å². The Morgan fingerprint density at radius 1 is 1.09 bits per heavy atom. The molecule has 0 fully saturated rings. The average molecular weight is 337 g/mol. The van der Waals surface area contributed by atoms with Gasteiger partial charge in [0.15, 0.2) is 8.32 Å². The molecule has 0 aliphatic rings. The maximum Gasteiger partial charge on any atom is 0.308 e. The van der Waals surface area contributed by atoms with Crippen LogP contribution < -0.4 is 4.74 Å². The van der Waals surface area contributed by atoms with Gasteiger partial charge in [-0.05, 0) is 36.0 Å². The Morgan fingerprint density at radius 2 is 1.65 bits per heavy atom. The van der Waals surface area contributed by atoms with E-state index >= 15 is 0 Å². The summed E-state index contributed by atoms with van der Waals surface area (Å²) < 4.78 is 11.7. The van der Waals surface area contributed by atoms with Crippen molar-refractivity contribution < 1.29 is 14.0 Å². The first-order chi connectivity index (χ1) is 10.4. The van der Waals surface area contributed by atoms with Crippen LogP contribution >= 0.6 is 0 Å². The van der Waals surface area contributed by atoms with Crippen LogP contribution in [0.1, 0.15) is 53.5 Å². The van der Waals surface area contributed by atoms with Gasteiger partial charge in [-0.2, -0.15) is 0 Å². The number of benzene rings is 1. The molecule has 3 nitrogen and oxygen atoms in total. The Morgan fingerprint density at radius 3 is 2.17 bits per heavy atom. The first-order valence-electron chi connectivity index (χ1n) is 8.29. The van der Waals surface area contributed by atoms with E-state index in [1.165, 1.54) is 6.92 Å². The molecule has 4 heteroatoms. The summed E-state index contributed by atoms with van der Waals surface area (Å²) in [4.78, 5) is 11.3. The minimum absolute atomic E-state index is 0.117. The van der Waals surface area contributed by atoms with E-state index in [-0.39, 0.29) is 16.4 Å². The molecule has 0 aliphatic carbocycles. The summed E-state index contributed by atoms with van der Waals surface area (Å²) in [6, 6.07) is 7.76. The normalized spacial score (nSPS) is 13.0. The van der Waals surface area contributed by atoms with Crippen LogP contribution in [-0.2, 0) is 14.6 Å². The molecule has 1 aromatic rings. The van der Waals surface area contributed by atoms with Crippen molar-refractivity contribution >= 4 is 14.3 Å². The lowest BCUT2D eigenvalue weighted by Gasteiger charge is -2.37. The van der Waals surface area contributed by atoms with Gasteiger partial charge in [-0.25, -0.2) is 0 Å². The van der Waals surface area contributed by atoms with E-state index in [9.17, 15) is 4.79 Å². The number of hydrogen-bond donors (Lipinski definition) is 0. The molecule has 0 amide bonds. The van der Waals surface area contributed by atoms with Gasteiger partial charge in [-0.3, -0.25) is 4.79 Å². The maximum atomic E-state index is 11.3. The average Bonchev–Trinajstić information content (AvgIpc) is 2.36. The van der Waals surface area contributed by atoms with Crippen LogP contribution in [0.5, 0.6) is 5.75 Å². The number of carbonyl (C=O) groups is 1. The first kappa shape index (κ1) is 19.9. The number of esters is 1. The van der Waals surface area contributed by atoms with Crippen LogP contribution in [-0.4, -0.2) is 20.9 Å². The van der Waals surface area contributed by atoms with Crippen LogP contribution in [0.15, 0.2) is 24.3 Å². The van der Waals surface area contributed by atoms with Gasteiger partial charge >= 0.3 is 5.97 Å². The van der Waals surface area contributed by atoms with Gasteiger partial charge in [0.05, 0.1) is 0 Å². The van der Waals surface area contributed by atoms with E-state index in [0.717, 1.165) is 18.6 Å². The van der Waals surface area contributed by atoms with Crippen LogP contribution in [0.25, 0.3) is 0 Å². The second kappa shape index (κ2) is 7.18. The molecule has 1 aromatic carbocycles. The highest BCUT2D eigenvalue weighted by Gasteiger charge is 2.37. The molecule has 130 valence electrons. The van der Waals surface area contributed by atoms with Gasteiger partial charge in [-0.1, -0.05) is 52.8 Å². The molecular weight excluding hydrogens is 304 g/mol. The monoisotopic (exact) mass is 336 g/mol. The Balaban J connectivity index is 2.83. The fraction of sp³-hybridized carbons (Fsp3) is 0.632. The second-order valence-electron chi connectivity index (χ2n) is 8.33. The molecule has 0 radical (unpaired) electrons. The van der Waals surface area contributed by atoms with Gasteiger partial charge in [0, 0.05) is 19.1 Å². The quantitative estimate of drug-likeness (QED) is 0.401. The van der Waals surface area contributed by atoms with Gasteiger partial charge in [-0.15, -0.1) is 0 Å². The van der Waals surface area contributed by atoms with Crippen LogP contribution in [0.2, 0.25) is 18.1 Å². The fourth-order valence-electron chi connectivity index (χ4n) is 2.18. The first-order valence-corrected chi connectivity index (χ1v) is 11.2. The molecule has 0 aromatic heterocycles. The van der Waals surface area contributed by atoms with E-state index in [2.05, 4.69) is 47.7 Å². The van der Waals surface area contributed by atoms with Crippen molar-refractivity contribution in [1.29, 1.82) is 0 Å². The van der Waals surface area contributed by atoms with Gasteiger partial charge in [0.1, 0.15) is 5.75 Å². The molecule has 0 saturated carbocycles. The van der Waals surface area contributed by atoms with Crippen molar-refractivity contribution in [2.24, 2.45) is 0 Å². The second-order valence-corrected chi connectivity index (χ2v) is 13.1. The summed E-state index contributed by atoms with van der Waals surface area (Å²) in [6.07, 6.45) is 0.887. The smallest absolute Gasteiger partial charge is 0.308 e. The molecule has 0 bridgehead atoms. The Labute approximate surface area is 142 Å². The summed E-state index contributed by atoms with van der Waals surface area (Å²) >= 11 is 0. The highest BCUT2D eigenvalue weighted by molar-refractivity contribution is 6.74. The summed E-state index contributed by atoms with van der Waals surface area (Å²) in [5, 5.41) is 0.215. The third-order valence-electron chi connectivity index (χ3n) is 4.87. The molecular formula is C19H32O3Si. The third-order valence-corrected chi connectivity index (χ3v) is 9.40. The van der Waals surface area contributed by atoms with Crippen molar-refractivity contribution in [3.8, 4) is 5.75 Å². The fourth-order valence-corrected chi connectivity index (χ4v) is 3.23. The molecule has 0 heterocycles. The summed E-state index contributed by atoms with van der Waals surface area (Å²) in [5.41, 5.74) is 0.933. The largest absolute Gasteiger partial charge is 0.426 e. The minimum Gasteiger partial charge on any atom is -0.426 e. The number of hydrogen-bond acceptors (Lipinski definition) is 3. The van der Waals surface area contributed by atoms with Crippen LogP contribution in [0, 0.1) is 0 Å². The van der Waals surface area contributed by atoms with Crippen molar-refractivity contribution in [1.82, 2.24) is 0 Å². The summed E-state index contributed by atoms with van der Waals surface area (Å²) in [6.45, 7) is 17.8. The highest BCUT2D eigenvalue weighted by Crippen LogP contribution is 2.38. The lowest BCUT2D eigenvalue weighted by molar-refractivity contribution is -0.131. The van der Waals surface area contributed by atoms with E-state index in [1.807, 2.05) is 24.3 Å². The molecule has 0 saturated heterocycles. The SMILES string of the molecule is CC(=O)Oc1ccccc1C(C)(C)CCO[Si](C)(C)C(C)(C)C. The molecule has 0 spiro atoms. The number of ether oxygens (including phenoxy) is 1. The zero-order valence-corrected chi connectivity index (χ0v) is 16.9. The van der Waals surface area contributed by atoms with Crippen LogP contribution in [0.4, 0.5) is 0 Å². The topological polar surface area (TPSA) is 35.5 Å². The molecule has 0 unspecified atom stereocenters. The lowest BCUT2D eigenvalue weighted by atomic mass is 9.81. The highest BCUT2D eigenvalue weighted by atomic mass is 28.4. The van der Waals surface area contributed by atoms with Crippen molar-refractivity contribution in [2.75, 3.05) is 6.61 Å². The lowest BCUT2D eigenvalue weighted by Crippen LogP contribution is -2.41. The Hall–Kier alpha value is -1.13. The molecule has 23 heavy (non-hydrogen) atoms.